The Hall–Kier alpha value is -1.55. The second-order valence-corrected chi connectivity index (χ2v) is 3.01. The number of halogens is 2. The van der Waals surface area contributed by atoms with Gasteiger partial charge in [0.05, 0.1) is 24.3 Å². The normalized spacial score (nSPS) is 10.1. The Kier molecular flexibility index (Phi) is 2.37. The minimum atomic E-state index is -0.413. The largest absolute Gasteiger partial charge is 0.261 e. The molecule has 5 heteroatoms. The molecule has 0 radical (unpaired) electrons. The van der Waals surface area contributed by atoms with Gasteiger partial charge in [-0.15, -0.1) is 0 Å². The lowest BCUT2D eigenvalue weighted by molar-refractivity contribution is 0.622. The molecule has 0 N–H and O–H groups in total. The van der Waals surface area contributed by atoms with Crippen LogP contribution in [0.1, 0.15) is 0 Å². The summed E-state index contributed by atoms with van der Waals surface area (Å²) in [6.45, 7) is 0. The van der Waals surface area contributed by atoms with Gasteiger partial charge in [-0.25, -0.2) is 9.37 Å². The molecule has 0 saturated heterocycles. The summed E-state index contributed by atoms with van der Waals surface area (Å²) in [5.74, 6) is -0.413. The van der Waals surface area contributed by atoms with Crippen molar-refractivity contribution in [2.45, 2.75) is 0 Å². The van der Waals surface area contributed by atoms with Crippen molar-refractivity contribution in [1.82, 2.24) is 15.0 Å². The summed E-state index contributed by atoms with van der Waals surface area (Å²) in [5, 5.41) is 0.270. The van der Waals surface area contributed by atoms with Crippen LogP contribution in [0.25, 0.3) is 11.3 Å². The predicted molar refractivity (Wildman–Crippen MR) is 50.2 cm³/mol. The van der Waals surface area contributed by atoms with Crippen molar-refractivity contribution < 1.29 is 4.39 Å². The lowest BCUT2D eigenvalue weighted by Crippen LogP contribution is -1.88. The molecule has 0 atom stereocenters. The first-order chi connectivity index (χ1) is 6.75. The molecular formula is C9H5ClFN3. The summed E-state index contributed by atoms with van der Waals surface area (Å²) in [4.78, 5) is 11.5. The maximum absolute atomic E-state index is 12.8. The Labute approximate surface area is 84.6 Å². The summed E-state index contributed by atoms with van der Waals surface area (Å²) < 4.78 is 12.8. The number of hydrogen-bond donors (Lipinski definition) is 0. The van der Waals surface area contributed by atoms with Crippen LogP contribution in [-0.2, 0) is 0 Å². The Morgan fingerprint density at radius 2 is 1.86 bits per heavy atom. The van der Waals surface area contributed by atoms with Gasteiger partial charge in [-0.05, 0) is 6.07 Å². The number of rotatable bonds is 1. The SMILES string of the molecule is Fc1cncc(-c2cncc(Cl)n2)c1. The smallest absolute Gasteiger partial charge is 0.148 e. The van der Waals surface area contributed by atoms with Crippen LogP contribution in [0.15, 0.2) is 30.9 Å². The van der Waals surface area contributed by atoms with Crippen molar-refractivity contribution in [3.8, 4) is 11.3 Å². The van der Waals surface area contributed by atoms with Crippen LogP contribution in [0, 0.1) is 5.82 Å². The van der Waals surface area contributed by atoms with E-state index >= 15 is 0 Å². The van der Waals surface area contributed by atoms with E-state index in [0.717, 1.165) is 6.20 Å². The van der Waals surface area contributed by atoms with Crippen LogP contribution in [0.5, 0.6) is 0 Å². The third kappa shape index (κ3) is 1.85. The maximum Gasteiger partial charge on any atom is 0.148 e. The summed E-state index contributed by atoms with van der Waals surface area (Å²) in [6.07, 6.45) is 5.55. The zero-order chi connectivity index (χ0) is 9.97. The van der Waals surface area contributed by atoms with Crippen LogP contribution in [0.4, 0.5) is 4.39 Å². The van der Waals surface area contributed by atoms with Gasteiger partial charge < -0.3 is 0 Å². The highest BCUT2D eigenvalue weighted by Gasteiger charge is 2.02. The Bertz CT molecular complexity index is 418. The van der Waals surface area contributed by atoms with Gasteiger partial charge in [0.15, 0.2) is 0 Å². The number of aromatic nitrogens is 3. The molecule has 2 heterocycles. The predicted octanol–water partition coefficient (Wildman–Crippen LogP) is 2.33. The molecule has 0 aliphatic carbocycles. The molecular weight excluding hydrogens is 205 g/mol. The first-order valence-corrected chi connectivity index (χ1v) is 4.22. The topological polar surface area (TPSA) is 38.7 Å². The third-order valence-corrected chi connectivity index (χ3v) is 1.79. The molecule has 0 aromatic carbocycles. The minimum absolute atomic E-state index is 0.270. The van der Waals surface area contributed by atoms with E-state index in [0.29, 0.717) is 11.3 Å². The summed E-state index contributed by atoms with van der Waals surface area (Å²) in [5.41, 5.74) is 1.06. The molecule has 2 rings (SSSR count). The average molecular weight is 210 g/mol. The van der Waals surface area contributed by atoms with Crippen molar-refractivity contribution in [1.29, 1.82) is 0 Å². The van der Waals surface area contributed by atoms with Gasteiger partial charge in [-0.1, -0.05) is 11.6 Å². The van der Waals surface area contributed by atoms with E-state index < -0.39 is 5.82 Å². The Morgan fingerprint density at radius 3 is 2.57 bits per heavy atom. The van der Waals surface area contributed by atoms with Gasteiger partial charge in [-0.2, -0.15) is 0 Å². The second-order valence-electron chi connectivity index (χ2n) is 2.62. The Morgan fingerprint density at radius 1 is 1.07 bits per heavy atom. The monoisotopic (exact) mass is 209 g/mol. The molecule has 0 spiro atoms. The fraction of sp³-hybridized carbons (Fsp3) is 0. The second kappa shape index (κ2) is 3.67. The van der Waals surface area contributed by atoms with Gasteiger partial charge in [0.2, 0.25) is 0 Å². The molecule has 0 amide bonds. The Balaban J connectivity index is 2.49. The van der Waals surface area contributed by atoms with Crippen molar-refractivity contribution in [2.24, 2.45) is 0 Å². The molecule has 0 bridgehead atoms. The van der Waals surface area contributed by atoms with Gasteiger partial charge >= 0.3 is 0 Å². The van der Waals surface area contributed by atoms with Crippen LogP contribution < -0.4 is 0 Å². The molecule has 0 fully saturated rings. The number of hydrogen-bond acceptors (Lipinski definition) is 3. The number of pyridine rings is 1. The van der Waals surface area contributed by atoms with Crippen LogP contribution in [0.3, 0.4) is 0 Å². The van der Waals surface area contributed by atoms with Crippen molar-refractivity contribution in [3.63, 3.8) is 0 Å². The van der Waals surface area contributed by atoms with Gasteiger partial charge in [-0.3, -0.25) is 9.97 Å². The fourth-order valence-corrected chi connectivity index (χ4v) is 1.18. The highest BCUT2D eigenvalue weighted by atomic mass is 35.5. The van der Waals surface area contributed by atoms with Crippen molar-refractivity contribution in [2.75, 3.05) is 0 Å². The zero-order valence-corrected chi connectivity index (χ0v) is 7.74. The highest BCUT2D eigenvalue weighted by Crippen LogP contribution is 2.16. The lowest BCUT2D eigenvalue weighted by Gasteiger charge is -1.99. The maximum atomic E-state index is 12.8. The average Bonchev–Trinajstić information content (AvgIpc) is 2.18. The minimum Gasteiger partial charge on any atom is -0.261 e. The highest BCUT2D eigenvalue weighted by molar-refractivity contribution is 6.29. The molecule has 2 aromatic rings. The third-order valence-electron chi connectivity index (χ3n) is 1.61. The summed E-state index contributed by atoms with van der Waals surface area (Å²) >= 11 is 5.65. The number of nitrogens with zero attached hydrogens (tertiary/aromatic N) is 3. The van der Waals surface area contributed by atoms with Crippen LogP contribution in [0.2, 0.25) is 5.15 Å². The first-order valence-electron chi connectivity index (χ1n) is 3.84. The summed E-state index contributed by atoms with van der Waals surface area (Å²) in [6, 6.07) is 1.33. The van der Waals surface area contributed by atoms with Crippen molar-refractivity contribution in [3.05, 3.63) is 41.8 Å². The van der Waals surface area contributed by atoms with Gasteiger partial charge in [0.25, 0.3) is 0 Å². The van der Waals surface area contributed by atoms with E-state index in [4.69, 9.17) is 11.6 Å². The molecule has 0 aliphatic rings. The van der Waals surface area contributed by atoms with Crippen molar-refractivity contribution >= 4 is 11.6 Å². The van der Waals surface area contributed by atoms with Crippen LogP contribution >= 0.6 is 11.6 Å². The molecule has 14 heavy (non-hydrogen) atoms. The fourth-order valence-electron chi connectivity index (χ4n) is 1.03. The van der Waals surface area contributed by atoms with Gasteiger partial charge in [0.1, 0.15) is 11.0 Å². The van der Waals surface area contributed by atoms with E-state index in [1.165, 1.54) is 24.7 Å². The van der Waals surface area contributed by atoms with E-state index in [-0.39, 0.29) is 5.15 Å². The molecule has 3 nitrogen and oxygen atoms in total. The zero-order valence-electron chi connectivity index (χ0n) is 6.98. The van der Waals surface area contributed by atoms with Gasteiger partial charge in [0, 0.05) is 11.8 Å². The van der Waals surface area contributed by atoms with Crippen LogP contribution in [-0.4, -0.2) is 15.0 Å². The van der Waals surface area contributed by atoms with E-state index in [1.54, 1.807) is 0 Å². The lowest BCUT2D eigenvalue weighted by atomic mass is 10.2. The van der Waals surface area contributed by atoms with E-state index in [2.05, 4.69) is 15.0 Å². The van der Waals surface area contributed by atoms with E-state index in [9.17, 15) is 4.39 Å². The molecule has 0 unspecified atom stereocenters. The molecule has 2 aromatic heterocycles. The molecule has 70 valence electrons. The molecule has 0 saturated carbocycles. The van der Waals surface area contributed by atoms with E-state index in [1.807, 2.05) is 0 Å². The summed E-state index contributed by atoms with van der Waals surface area (Å²) in [7, 11) is 0. The quantitative estimate of drug-likeness (QED) is 0.724. The molecule has 0 aliphatic heterocycles. The standard InChI is InChI=1S/C9H5ClFN3/c10-9-5-13-4-8(14-9)6-1-7(11)3-12-2-6/h1-5H. The first kappa shape index (κ1) is 9.02.